The third-order valence-corrected chi connectivity index (χ3v) is 4.97. The van der Waals surface area contributed by atoms with E-state index >= 15 is 0 Å². The molecule has 2 heteroatoms. The van der Waals surface area contributed by atoms with Crippen molar-refractivity contribution in [3.63, 3.8) is 0 Å². The number of fused-ring (bicyclic) bond motifs is 1. The van der Waals surface area contributed by atoms with Crippen molar-refractivity contribution in [2.24, 2.45) is 11.8 Å². The van der Waals surface area contributed by atoms with E-state index in [1.807, 2.05) is 0 Å². The fourth-order valence-electron chi connectivity index (χ4n) is 3.77. The predicted octanol–water partition coefficient (Wildman–Crippen LogP) is 4.62. The summed E-state index contributed by atoms with van der Waals surface area (Å²) in [4.78, 5) is 0. The molecule has 0 heterocycles. The largest absolute Gasteiger partial charge is 0.496 e. The molecule has 1 saturated carbocycles. The van der Waals surface area contributed by atoms with Crippen molar-refractivity contribution in [3.05, 3.63) is 42.0 Å². The lowest BCUT2D eigenvalue weighted by molar-refractivity contribution is 0.136. The van der Waals surface area contributed by atoms with Gasteiger partial charge in [-0.15, -0.1) is 0 Å². The summed E-state index contributed by atoms with van der Waals surface area (Å²) in [5, 5.41) is 2.55. The van der Waals surface area contributed by atoms with Gasteiger partial charge in [0.15, 0.2) is 0 Å². The average Bonchev–Trinajstić information content (AvgIpc) is 2.87. The summed E-state index contributed by atoms with van der Waals surface area (Å²) in [6.45, 7) is 3.21. The second-order valence-electron chi connectivity index (χ2n) is 6.30. The van der Waals surface area contributed by atoms with E-state index in [1.54, 1.807) is 14.2 Å². The zero-order valence-corrected chi connectivity index (χ0v) is 13.1. The summed E-state index contributed by atoms with van der Waals surface area (Å²) >= 11 is 0. The van der Waals surface area contributed by atoms with Gasteiger partial charge in [0, 0.05) is 13.7 Å². The van der Waals surface area contributed by atoms with Crippen molar-refractivity contribution < 1.29 is 9.47 Å². The molecule has 3 atom stereocenters. The van der Waals surface area contributed by atoms with E-state index in [0.717, 1.165) is 12.4 Å². The van der Waals surface area contributed by atoms with Crippen LogP contribution < -0.4 is 4.74 Å². The topological polar surface area (TPSA) is 18.5 Å². The van der Waals surface area contributed by atoms with Gasteiger partial charge in [-0.25, -0.2) is 0 Å². The number of hydrogen-bond acceptors (Lipinski definition) is 2. The molecular formula is C19H24O2. The van der Waals surface area contributed by atoms with Crippen LogP contribution in [0.2, 0.25) is 0 Å². The Hall–Kier alpha value is -1.54. The van der Waals surface area contributed by atoms with Gasteiger partial charge < -0.3 is 9.47 Å². The van der Waals surface area contributed by atoms with Crippen molar-refractivity contribution in [1.82, 2.24) is 0 Å². The number of hydrogen-bond donors (Lipinski definition) is 0. The Bertz CT molecular complexity index is 620. The van der Waals surface area contributed by atoms with Gasteiger partial charge in [-0.2, -0.15) is 0 Å². The molecule has 0 aliphatic heterocycles. The summed E-state index contributed by atoms with van der Waals surface area (Å²) in [5.74, 6) is 2.99. The van der Waals surface area contributed by atoms with E-state index < -0.39 is 0 Å². The van der Waals surface area contributed by atoms with Crippen LogP contribution in [-0.4, -0.2) is 20.8 Å². The molecule has 3 rings (SSSR count). The maximum absolute atomic E-state index is 5.67. The van der Waals surface area contributed by atoms with Crippen LogP contribution in [0.3, 0.4) is 0 Å². The summed E-state index contributed by atoms with van der Waals surface area (Å²) in [6, 6.07) is 13.0. The normalized spacial score (nSPS) is 25.4. The molecule has 1 aliphatic carbocycles. The molecule has 21 heavy (non-hydrogen) atoms. The molecule has 0 bridgehead atoms. The molecular weight excluding hydrogens is 260 g/mol. The number of methoxy groups -OCH3 is 2. The average molecular weight is 284 g/mol. The van der Waals surface area contributed by atoms with Gasteiger partial charge in [0.1, 0.15) is 5.75 Å². The van der Waals surface area contributed by atoms with Crippen LogP contribution in [0.5, 0.6) is 5.75 Å². The molecule has 2 aromatic rings. The maximum atomic E-state index is 5.67. The highest BCUT2D eigenvalue weighted by molar-refractivity contribution is 5.85. The zero-order chi connectivity index (χ0) is 14.8. The summed E-state index contributed by atoms with van der Waals surface area (Å²) in [5.41, 5.74) is 1.36. The van der Waals surface area contributed by atoms with Gasteiger partial charge in [-0.3, -0.25) is 0 Å². The smallest absolute Gasteiger partial charge is 0.122 e. The third kappa shape index (κ3) is 2.77. The fraction of sp³-hybridized carbons (Fsp3) is 0.474. The van der Waals surface area contributed by atoms with Crippen LogP contribution in [0.25, 0.3) is 10.8 Å². The summed E-state index contributed by atoms with van der Waals surface area (Å²) in [6.07, 6.45) is 2.42. The van der Waals surface area contributed by atoms with E-state index in [2.05, 4.69) is 43.3 Å². The first-order valence-electron chi connectivity index (χ1n) is 7.78. The molecule has 2 unspecified atom stereocenters. The first-order chi connectivity index (χ1) is 10.2. The van der Waals surface area contributed by atoms with Crippen molar-refractivity contribution in [1.29, 1.82) is 0 Å². The van der Waals surface area contributed by atoms with E-state index in [4.69, 9.17) is 9.47 Å². The van der Waals surface area contributed by atoms with Crippen molar-refractivity contribution in [2.75, 3.05) is 20.8 Å². The lowest BCUT2D eigenvalue weighted by Crippen LogP contribution is -2.10. The Morgan fingerprint density at radius 3 is 2.43 bits per heavy atom. The van der Waals surface area contributed by atoms with Crippen LogP contribution in [0, 0.1) is 11.8 Å². The van der Waals surface area contributed by atoms with E-state index in [0.29, 0.717) is 17.8 Å². The van der Waals surface area contributed by atoms with E-state index in [9.17, 15) is 0 Å². The maximum Gasteiger partial charge on any atom is 0.122 e. The van der Waals surface area contributed by atoms with Crippen molar-refractivity contribution in [3.8, 4) is 5.75 Å². The molecule has 112 valence electrons. The van der Waals surface area contributed by atoms with Gasteiger partial charge in [-0.05, 0) is 59.1 Å². The zero-order valence-electron chi connectivity index (χ0n) is 13.1. The predicted molar refractivity (Wildman–Crippen MR) is 87.0 cm³/mol. The highest BCUT2D eigenvalue weighted by Crippen LogP contribution is 2.45. The molecule has 0 radical (unpaired) electrons. The quantitative estimate of drug-likeness (QED) is 0.815. The standard InChI is InChI=1S/C19H24O2/c1-13-8-16(9-17(13)12-20-2)18-10-14-6-4-5-7-15(14)11-19(18)21-3/h4-7,10-11,13,16-17H,8-9,12H2,1-3H3/t13?,16-,17?/m0/s1. The van der Waals surface area contributed by atoms with Gasteiger partial charge in [0.2, 0.25) is 0 Å². The molecule has 0 N–H and O–H groups in total. The van der Waals surface area contributed by atoms with Crippen molar-refractivity contribution >= 4 is 10.8 Å². The van der Waals surface area contributed by atoms with Gasteiger partial charge in [0.25, 0.3) is 0 Å². The minimum atomic E-state index is 0.583. The van der Waals surface area contributed by atoms with Gasteiger partial charge in [-0.1, -0.05) is 31.2 Å². The summed E-state index contributed by atoms with van der Waals surface area (Å²) < 4.78 is 11.0. The molecule has 2 nitrogen and oxygen atoms in total. The molecule has 0 aromatic heterocycles. The monoisotopic (exact) mass is 284 g/mol. The molecule has 2 aromatic carbocycles. The first kappa shape index (κ1) is 14.4. The van der Waals surface area contributed by atoms with E-state index in [-0.39, 0.29) is 0 Å². The van der Waals surface area contributed by atoms with Crippen LogP contribution >= 0.6 is 0 Å². The van der Waals surface area contributed by atoms with Gasteiger partial charge in [0.05, 0.1) is 7.11 Å². The van der Waals surface area contributed by atoms with Crippen LogP contribution in [0.1, 0.15) is 31.2 Å². The number of rotatable bonds is 4. The fourth-order valence-corrected chi connectivity index (χ4v) is 3.77. The Labute approximate surface area is 127 Å². The van der Waals surface area contributed by atoms with Crippen LogP contribution in [0.4, 0.5) is 0 Å². The highest BCUT2D eigenvalue weighted by atomic mass is 16.5. The lowest BCUT2D eigenvalue weighted by atomic mass is 9.93. The number of ether oxygens (including phenoxy) is 2. The minimum absolute atomic E-state index is 0.583. The minimum Gasteiger partial charge on any atom is -0.496 e. The van der Waals surface area contributed by atoms with Crippen LogP contribution in [-0.2, 0) is 4.74 Å². The Morgan fingerprint density at radius 1 is 1.05 bits per heavy atom. The Balaban J connectivity index is 1.96. The molecule has 0 amide bonds. The van der Waals surface area contributed by atoms with E-state index in [1.165, 1.54) is 29.2 Å². The third-order valence-electron chi connectivity index (χ3n) is 4.97. The molecule has 1 fully saturated rings. The summed E-state index contributed by atoms with van der Waals surface area (Å²) in [7, 11) is 3.58. The molecule has 0 saturated heterocycles. The first-order valence-corrected chi connectivity index (χ1v) is 7.78. The second kappa shape index (κ2) is 6.07. The highest BCUT2D eigenvalue weighted by Gasteiger charge is 2.33. The molecule has 0 spiro atoms. The van der Waals surface area contributed by atoms with Crippen LogP contribution in [0.15, 0.2) is 36.4 Å². The Morgan fingerprint density at radius 2 is 1.76 bits per heavy atom. The Kier molecular flexibility index (Phi) is 4.16. The van der Waals surface area contributed by atoms with Crippen molar-refractivity contribution in [2.45, 2.75) is 25.7 Å². The van der Waals surface area contributed by atoms with Gasteiger partial charge >= 0.3 is 0 Å². The molecule has 1 aliphatic rings. The lowest BCUT2D eigenvalue weighted by Gasteiger charge is -2.16. The SMILES string of the molecule is COCC1C[C@@H](c2cc3ccccc3cc2OC)CC1C. The number of benzene rings is 2. The second-order valence-corrected chi connectivity index (χ2v) is 6.30.